The highest BCUT2D eigenvalue weighted by Crippen LogP contribution is 2.38. The van der Waals surface area contributed by atoms with Gasteiger partial charge in [-0.25, -0.2) is 4.98 Å². The molecular weight excluding hydrogens is 204 g/mol. The molecule has 0 radical (unpaired) electrons. The number of rotatable bonds is 2. The van der Waals surface area contributed by atoms with Crippen molar-refractivity contribution < 1.29 is 0 Å². The third kappa shape index (κ3) is 1.53. The maximum absolute atomic E-state index is 4.11. The molecule has 2 aromatic rings. The first-order chi connectivity index (χ1) is 7.45. The Labute approximate surface area is 92.9 Å². The van der Waals surface area contributed by atoms with E-state index in [9.17, 15) is 0 Å². The molecule has 0 aliphatic heterocycles. The highest BCUT2D eigenvalue weighted by Gasteiger charge is 2.17. The average molecular weight is 216 g/mol. The van der Waals surface area contributed by atoms with Gasteiger partial charge in [0.1, 0.15) is 0 Å². The minimum atomic E-state index is 1.17. The largest absolute Gasteiger partial charge is 0.310 e. The van der Waals surface area contributed by atoms with Gasteiger partial charge in [0.05, 0.1) is 6.33 Å². The lowest BCUT2D eigenvalue weighted by atomic mass is 10.2. The van der Waals surface area contributed by atoms with Crippen LogP contribution in [0.5, 0.6) is 0 Å². The molecular formula is C12H12N2S. The van der Waals surface area contributed by atoms with E-state index in [-0.39, 0.29) is 0 Å². The van der Waals surface area contributed by atoms with Crippen LogP contribution < -0.4 is 0 Å². The minimum Gasteiger partial charge on any atom is -0.310 e. The van der Waals surface area contributed by atoms with E-state index in [4.69, 9.17) is 0 Å². The summed E-state index contributed by atoms with van der Waals surface area (Å²) in [6, 6.07) is 4.33. The highest BCUT2D eigenvalue weighted by atomic mass is 32.1. The normalized spacial score (nSPS) is 16.3. The van der Waals surface area contributed by atoms with Crippen molar-refractivity contribution in [2.24, 2.45) is 0 Å². The van der Waals surface area contributed by atoms with Crippen LogP contribution >= 0.6 is 11.3 Å². The molecule has 0 saturated heterocycles. The summed E-state index contributed by atoms with van der Waals surface area (Å²) in [4.78, 5) is 5.53. The van der Waals surface area contributed by atoms with Gasteiger partial charge >= 0.3 is 0 Å². The van der Waals surface area contributed by atoms with Crippen LogP contribution in [0.3, 0.4) is 0 Å². The molecule has 2 heterocycles. The maximum Gasteiger partial charge on any atom is 0.0989 e. The predicted octanol–water partition coefficient (Wildman–Crippen LogP) is 3.50. The number of hydrogen-bond acceptors (Lipinski definition) is 2. The Morgan fingerprint density at radius 2 is 2.33 bits per heavy atom. The van der Waals surface area contributed by atoms with E-state index in [1.54, 1.807) is 0 Å². The van der Waals surface area contributed by atoms with E-state index < -0.39 is 0 Å². The van der Waals surface area contributed by atoms with Gasteiger partial charge in [-0.2, -0.15) is 0 Å². The minimum absolute atomic E-state index is 1.17. The van der Waals surface area contributed by atoms with Crippen LogP contribution in [0.15, 0.2) is 36.2 Å². The molecule has 0 unspecified atom stereocenters. The molecule has 3 rings (SSSR count). The van der Waals surface area contributed by atoms with Crippen LogP contribution in [-0.2, 0) is 0 Å². The fourth-order valence-corrected chi connectivity index (χ4v) is 2.97. The smallest absolute Gasteiger partial charge is 0.0989 e. The van der Waals surface area contributed by atoms with Crippen molar-refractivity contribution in [1.29, 1.82) is 0 Å². The Morgan fingerprint density at radius 3 is 3.07 bits per heavy atom. The first-order valence-electron chi connectivity index (χ1n) is 5.19. The number of imidazole rings is 1. The summed E-state index contributed by atoms with van der Waals surface area (Å²) >= 11 is 1.83. The summed E-state index contributed by atoms with van der Waals surface area (Å²) in [5.74, 6) is 0. The number of thiophene rings is 1. The molecule has 3 heteroatoms. The van der Waals surface area contributed by atoms with Crippen molar-refractivity contribution in [2.75, 3.05) is 0 Å². The summed E-state index contributed by atoms with van der Waals surface area (Å²) in [5, 5.41) is 2.15. The van der Waals surface area contributed by atoms with Gasteiger partial charge in [0.15, 0.2) is 0 Å². The first-order valence-corrected chi connectivity index (χ1v) is 6.07. The number of aromatic nitrogens is 2. The fourth-order valence-electron chi connectivity index (χ4n) is 2.15. The van der Waals surface area contributed by atoms with E-state index in [1.807, 2.05) is 30.1 Å². The van der Waals surface area contributed by atoms with Crippen molar-refractivity contribution in [3.63, 3.8) is 0 Å². The zero-order chi connectivity index (χ0) is 10.1. The Morgan fingerprint density at radius 1 is 1.33 bits per heavy atom. The molecule has 1 aliphatic rings. The van der Waals surface area contributed by atoms with Gasteiger partial charge in [-0.05, 0) is 36.3 Å². The van der Waals surface area contributed by atoms with Crippen molar-refractivity contribution in [1.82, 2.24) is 9.55 Å². The molecule has 0 bridgehead atoms. The Kier molecular flexibility index (Phi) is 2.18. The molecule has 2 aromatic heterocycles. The summed E-state index contributed by atoms with van der Waals surface area (Å²) in [7, 11) is 0. The zero-order valence-corrected chi connectivity index (χ0v) is 9.20. The van der Waals surface area contributed by atoms with Gasteiger partial charge in [-0.1, -0.05) is 6.07 Å². The van der Waals surface area contributed by atoms with Gasteiger partial charge in [0, 0.05) is 23.0 Å². The standard InChI is InChI=1S/C12H12N2S/c1-3-10(12-5-2-8-15-12)11(4-1)14-7-6-13-9-14/h2,5-9H,1,3-4H2. The molecule has 0 fully saturated rings. The van der Waals surface area contributed by atoms with Crippen molar-refractivity contribution in [2.45, 2.75) is 19.3 Å². The van der Waals surface area contributed by atoms with Crippen LogP contribution in [0.2, 0.25) is 0 Å². The average Bonchev–Trinajstić information content (AvgIpc) is 3.01. The third-order valence-corrected chi connectivity index (χ3v) is 3.75. The lowest BCUT2D eigenvalue weighted by molar-refractivity contribution is 0.907. The first kappa shape index (κ1) is 8.92. The summed E-state index contributed by atoms with van der Waals surface area (Å²) in [5.41, 5.74) is 2.93. The number of allylic oxidation sites excluding steroid dienone is 2. The predicted molar refractivity (Wildman–Crippen MR) is 63.5 cm³/mol. The lowest BCUT2D eigenvalue weighted by Crippen LogP contribution is -1.92. The quantitative estimate of drug-likeness (QED) is 0.751. The van der Waals surface area contributed by atoms with Gasteiger partial charge in [0.2, 0.25) is 0 Å². The fraction of sp³-hybridized carbons (Fsp3) is 0.250. The van der Waals surface area contributed by atoms with Crippen molar-refractivity contribution in [3.8, 4) is 0 Å². The van der Waals surface area contributed by atoms with E-state index in [0.717, 1.165) is 0 Å². The molecule has 0 N–H and O–H groups in total. The Balaban J connectivity index is 2.09. The van der Waals surface area contributed by atoms with E-state index in [2.05, 4.69) is 27.1 Å². The third-order valence-electron chi connectivity index (χ3n) is 2.82. The SMILES string of the molecule is c1csc(C2=C(n3ccnc3)CCC2)c1. The van der Waals surface area contributed by atoms with Crippen LogP contribution in [0, 0.1) is 0 Å². The van der Waals surface area contributed by atoms with Crippen molar-refractivity contribution >= 4 is 22.6 Å². The van der Waals surface area contributed by atoms with E-state index in [1.165, 1.54) is 35.4 Å². The van der Waals surface area contributed by atoms with Gasteiger partial charge in [0.25, 0.3) is 0 Å². The summed E-state index contributed by atoms with van der Waals surface area (Å²) < 4.78 is 2.15. The van der Waals surface area contributed by atoms with Crippen LogP contribution in [0.25, 0.3) is 11.3 Å². The van der Waals surface area contributed by atoms with Crippen LogP contribution in [0.4, 0.5) is 0 Å². The molecule has 0 spiro atoms. The van der Waals surface area contributed by atoms with E-state index >= 15 is 0 Å². The summed E-state index contributed by atoms with van der Waals surface area (Å²) in [6.45, 7) is 0. The molecule has 0 aromatic carbocycles. The molecule has 1 aliphatic carbocycles. The number of hydrogen-bond donors (Lipinski definition) is 0. The second-order valence-corrected chi connectivity index (χ2v) is 4.67. The second kappa shape index (κ2) is 3.66. The second-order valence-electron chi connectivity index (χ2n) is 3.73. The Hall–Kier alpha value is -1.35. The molecule has 76 valence electrons. The van der Waals surface area contributed by atoms with Crippen LogP contribution in [-0.4, -0.2) is 9.55 Å². The topological polar surface area (TPSA) is 17.8 Å². The molecule has 0 saturated carbocycles. The van der Waals surface area contributed by atoms with Gasteiger partial charge in [-0.3, -0.25) is 0 Å². The lowest BCUT2D eigenvalue weighted by Gasteiger charge is -2.06. The van der Waals surface area contributed by atoms with Crippen LogP contribution in [0.1, 0.15) is 24.1 Å². The molecule has 2 nitrogen and oxygen atoms in total. The van der Waals surface area contributed by atoms with Gasteiger partial charge in [-0.15, -0.1) is 11.3 Å². The molecule has 15 heavy (non-hydrogen) atoms. The summed E-state index contributed by atoms with van der Waals surface area (Å²) in [6.07, 6.45) is 9.41. The maximum atomic E-state index is 4.11. The monoisotopic (exact) mass is 216 g/mol. The van der Waals surface area contributed by atoms with E-state index in [0.29, 0.717) is 0 Å². The zero-order valence-electron chi connectivity index (χ0n) is 8.39. The molecule has 0 amide bonds. The Bertz CT molecular complexity index is 421. The number of nitrogens with zero attached hydrogens (tertiary/aromatic N) is 2. The highest BCUT2D eigenvalue weighted by molar-refractivity contribution is 7.11. The molecule has 0 atom stereocenters. The van der Waals surface area contributed by atoms with Crippen molar-refractivity contribution in [3.05, 3.63) is 41.1 Å². The van der Waals surface area contributed by atoms with Gasteiger partial charge < -0.3 is 4.57 Å².